The Kier molecular flexibility index (Phi) is 5.95. The predicted molar refractivity (Wildman–Crippen MR) is 124 cm³/mol. The number of carbonyl (C=O) groups excluding carboxylic acids is 1. The van der Waals surface area contributed by atoms with Gasteiger partial charge in [0.2, 0.25) is 0 Å². The van der Waals surface area contributed by atoms with Gasteiger partial charge >= 0.3 is 0 Å². The average molecular weight is 436 g/mol. The summed E-state index contributed by atoms with van der Waals surface area (Å²) in [6.07, 6.45) is 1.20. The van der Waals surface area contributed by atoms with E-state index in [0.717, 1.165) is 18.8 Å². The molecule has 6 nitrogen and oxygen atoms in total. The van der Waals surface area contributed by atoms with E-state index >= 15 is 0 Å². The third-order valence-corrected chi connectivity index (χ3v) is 6.74. The molecule has 1 fully saturated rings. The third-order valence-electron chi connectivity index (χ3n) is 5.34. The van der Waals surface area contributed by atoms with E-state index < -0.39 is 10.0 Å². The number of rotatable bonds is 6. The number of carbonyl (C=O) groups is 1. The van der Waals surface area contributed by atoms with Crippen molar-refractivity contribution in [1.29, 1.82) is 0 Å². The smallest absolute Gasteiger partial charge is 0.261 e. The molecule has 0 saturated carbocycles. The minimum atomic E-state index is -3.72. The van der Waals surface area contributed by atoms with E-state index in [1.54, 1.807) is 36.4 Å². The molecule has 2 N–H and O–H groups in total. The van der Waals surface area contributed by atoms with Gasteiger partial charge < -0.3 is 10.2 Å². The molecule has 1 unspecified atom stereocenters. The van der Waals surface area contributed by atoms with E-state index in [-0.39, 0.29) is 10.8 Å². The van der Waals surface area contributed by atoms with Gasteiger partial charge in [-0.25, -0.2) is 8.42 Å². The van der Waals surface area contributed by atoms with Crippen molar-refractivity contribution in [2.75, 3.05) is 28.0 Å². The number of hydrogen-bond acceptors (Lipinski definition) is 4. The molecule has 0 radical (unpaired) electrons. The largest absolute Gasteiger partial charge is 0.371 e. The molecule has 0 bridgehead atoms. The van der Waals surface area contributed by atoms with E-state index in [4.69, 9.17) is 0 Å². The van der Waals surface area contributed by atoms with Gasteiger partial charge in [-0.2, -0.15) is 0 Å². The fourth-order valence-electron chi connectivity index (χ4n) is 3.67. The van der Waals surface area contributed by atoms with Gasteiger partial charge in [-0.15, -0.1) is 0 Å². The highest BCUT2D eigenvalue weighted by Gasteiger charge is 2.19. The molecular weight excluding hydrogens is 410 g/mol. The SMILES string of the molecule is CC1CCN(c2ccc(NC(=O)c3cccc(NS(=O)(=O)c4ccccc4)c3)cc2)C1. The average Bonchev–Trinajstić information content (AvgIpc) is 3.21. The number of amides is 1. The maximum atomic E-state index is 12.7. The summed E-state index contributed by atoms with van der Waals surface area (Å²) in [5.74, 6) is 0.397. The van der Waals surface area contributed by atoms with Crippen molar-refractivity contribution < 1.29 is 13.2 Å². The van der Waals surface area contributed by atoms with Gasteiger partial charge in [0.05, 0.1) is 4.90 Å². The lowest BCUT2D eigenvalue weighted by molar-refractivity contribution is 0.102. The molecule has 0 aromatic heterocycles. The molecular formula is C24H25N3O3S. The maximum Gasteiger partial charge on any atom is 0.261 e. The Labute approximate surface area is 183 Å². The predicted octanol–water partition coefficient (Wildman–Crippen LogP) is 4.59. The van der Waals surface area contributed by atoms with Gasteiger partial charge in [0.1, 0.15) is 0 Å². The van der Waals surface area contributed by atoms with Gasteiger partial charge in [-0.3, -0.25) is 9.52 Å². The fourth-order valence-corrected chi connectivity index (χ4v) is 4.74. The molecule has 1 saturated heterocycles. The zero-order valence-corrected chi connectivity index (χ0v) is 18.1. The van der Waals surface area contributed by atoms with Crippen molar-refractivity contribution >= 4 is 33.0 Å². The molecule has 0 aliphatic carbocycles. The lowest BCUT2D eigenvalue weighted by Gasteiger charge is -2.18. The second-order valence-corrected chi connectivity index (χ2v) is 9.52. The number of nitrogens with one attached hydrogen (secondary N) is 2. The Morgan fingerprint density at radius 1 is 0.935 bits per heavy atom. The number of nitrogens with zero attached hydrogens (tertiary/aromatic N) is 1. The van der Waals surface area contributed by atoms with Gasteiger partial charge in [-0.05, 0) is 66.9 Å². The molecule has 31 heavy (non-hydrogen) atoms. The molecule has 4 rings (SSSR count). The van der Waals surface area contributed by atoms with Crippen LogP contribution in [-0.2, 0) is 10.0 Å². The van der Waals surface area contributed by atoms with Gasteiger partial charge in [0.25, 0.3) is 15.9 Å². The Morgan fingerprint density at radius 2 is 1.68 bits per heavy atom. The summed E-state index contributed by atoms with van der Waals surface area (Å²) in [6.45, 7) is 4.36. The summed E-state index contributed by atoms with van der Waals surface area (Å²) in [6, 6.07) is 22.3. The molecule has 1 amide bonds. The first-order valence-electron chi connectivity index (χ1n) is 10.2. The number of anilines is 3. The van der Waals surface area contributed by atoms with Crippen LogP contribution in [0.5, 0.6) is 0 Å². The summed E-state index contributed by atoms with van der Waals surface area (Å²) < 4.78 is 27.6. The van der Waals surface area contributed by atoms with Crippen LogP contribution in [0.4, 0.5) is 17.1 Å². The number of sulfonamides is 1. The maximum absolute atomic E-state index is 12.7. The molecule has 1 aliphatic heterocycles. The van der Waals surface area contributed by atoms with Crippen LogP contribution < -0.4 is 14.9 Å². The molecule has 1 atom stereocenters. The first-order chi connectivity index (χ1) is 14.9. The van der Waals surface area contributed by atoms with Crippen LogP contribution in [0.2, 0.25) is 0 Å². The van der Waals surface area contributed by atoms with Crippen LogP contribution in [-0.4, -0.2) is 27.4 Å². The molecule has 1 heterocycles. The van der Waals surface area contributed by atoms with Crippen molar-refractivity contribution in [2.24, 2.45) is 5.92 Å². The Bertz CT molecular complexity index is 1160. The number of hydrogen-bond donors (Lipinski definition) is 2. The highest BCUT2D eigenvalue weighted by Crippen LogP contribution is 2.25. The van der Waals surface area contributed by atoms with Crippen LogP contribution >= 0.6 is 0 Å². The summed E-state index contributed by atoms with van der Waals surface area (Å²) in [7, 11) is -3.72. The summed E-state index contributed by atoms with van der Waals surface area (Å²) in [4.78, 5) is 15.2. The van der Waals surface area contributed by atoms with E-state index in [1.165, 1.54) is 24.6 Å². The molecule has 7 heteroatoms. The van der Waals surface area contributed by atoms with Crippen molar-refractivity contribution in [2.45, 2.75) is 18.2 Å². The highest BCUT2D eigenvalue weighted by atomic mass is 32.2. The van der Waals surface area contributed by atoms with E-state index in [0.29, 0.717) is 22.9 Å². The van der Waals surface area contributed by atoms with Gasteiger partial charge in [0.15, 0.2) is 0 Å². The van der Waals surface area contributed by atoms with Crippen molar-refractivity contribution in [3.05, 3.63) is 84.4 Å². The topological polar surface area (TPSA) is 78.5 Å². The normalized spacial score (nSPS) is 16.2. The minimum Gasteiger partial charge on any atom is -0.371 e. The van der Waals surface area contributed by atoms with Crippen LogP contribution in [0.1, 0.15) is 23.7 Å². The zero-order valence-electron chi connectivity index (χ0n) is 17.3. The molecule has 3 aromatic rings. The molecule has 3 aromatic carbocycles. The first kappa shape index (κ1) is 20.9. The zero-order chi connectivity index (χ0) is 21.8. The first-order valence-corrected chi connectivity index (χ1v) is 11.7. The van der Waals surface area contributed by atoms with Gasteiger partial charge in [0, 0.05) is 35.7 Å². The second-order valence-electron chi connectivity index (χ2n) is 7.84. The fraction of sp³-hybridized carbons (Fsp3) is 0.208. The van der Waals surface area contributed by atoms with E-state index in [2.05, 4.69) is 21.9 Å². The Hall–Kier alpha value is -3.32. The lowest BCUT2D eigenvalue weighted by atomic mass is 10.2. The van der Waals surface area contributed by atoms with E-state index in [1.807, 2.05) is 24.3 Å². The van der Waals surface area contributed by atoms with Gasteiger partial charge in [-0.1, -0.05) is 31.2 Å². The standard InChI is InChI=1S/C24H25N3O3S/c1-18-14-15-27(17-18)22-12-10-20(11-13-22)25-24(28)19-6-5-7-21(16-19)26-31(29,30)23-8-3-2-4-9-23/h2-13,16,18,26H,14-15,17H2,1H3,(H,25,28). The highest BCUT2D eigenvalue weighted by molar-refractivity contribution is 7.92. The lowest BCUT2D eigenvalue weighted by Crippen LogP contribution is -2.19. The Morgan fingerprint density at radius 3 is 2.35 bits per heavy atom. The van der Waals surface area contributed by atoms with Crippen molar-refractivity contribution in [3.8, 4) is 0 Å². The molecule has 1 aliphatic rings. The van der Waals surface area contributed by atoms with Crippen LogP contribution in [0.15, 0.2) is 83.8 Å². The summed E-state index contributed by atoms with van der Waals surface area (Å²) >= 11 is 0. The third kappa shape index (κ3) is 5.06. The summed E-state index contributed by atoms with van der Waals surface area (Å²) in [5.41, 5.74) is 2.54. The second kappa shape index (κ2) is 8.81. The van der Waals surface area contributed by atoms with Crippen molar-refractivity contribution in [1.82, 2.24) is 0 Å². The van der Waals surface area contributed by atoms with Crippen LogP contribution in [0.3, 0.4) is 0 Å². The molecule has 0 spiro atoms. The van der Waals surface area contributed by atoms with E-state index in [9.17, 15) is 13.2 Å². The quantitative estimate of drug-likeness (QED) is 0.594. The minimum absolute atomic E-state index is 0.164. The van der Waals surface area contributed by atoms with Crippen molar-refractivity contribution in [3.63, 3.8) is 0 Å². The monoisotopic (exact) mass is 435 g/mol. The van der Waals surface area contributed by atoms with Crippen LogP contribution in [0.25, 0.3) is 0 Å². The summed E-state index contributed by atoms with van der Waals surface area (Å²) in [5, 5.41) is 2.87. The Balaban J connectivity index is 1.43. The van der Waals surface area contributed by atoms with Crippen LogP contribution in [0, 0.1) is 5.92 Å². The molecule has 160 valence electrons. The number of benzene rings is 3.